The van der Waals surface area contributed by atoms with Crippen LogP contribution in [0.3, 0.4) is 0 Å². The summed E-state index contributed by atoms with van der Waals surface area (Å²) in [4.78, 5) is 0. The average Bonchev–Trinajstić information content (AvgIpc) is 3.22. The van der Waals surface area contributed by atoms with Crippen molar-refractivity contribution in [3.63, 3.8) is 0 Å². The van der Waals surface area contributed by atoms with Crippen molar-refractivity contribution in [2.75, 3.05) is 0 Å². The predicted octanol–water partition coefficient (Wildman–Crippen LogP) is 6.56. The molecule has 0 N–H and O–H groups in total. The van der Waals surface area contributed by atoms with E-state index >= 15 is 0 Å². The first-order valence-corrected chi connectivity index (χ1v) is 9.12. The highest BCUT2D eigenvalue weighted by Crippen LogP contribution is 2.39. The van der Waals surface area contributed by atoms with Gasteiger partial charge in [0.2, 0.25) is 0 Å². The largest absolute Gasteiger partial charge is 0.0879 e. The molecule has 0 amide bonds. The van der Waals surface area contributed by atoms with Crippen LogP contribution in [0.2, 0.25) is 0 Å². The molecule has 0 nitrogen and oxygen atoms in total. The maximum atomic E-state index is 2.46. The average molecular weight is 314 g/mol. The molecule has 4 rings (SSSR count). The first-order valence-electron chi connectivity index (χ1n) is 9.12. The molecule has 0 saturated carbocycles. The van der Waals surface area contributed by atoms with E-state index in [1.165, 1.54) is 40.7 Å². The van der Waals surface area contributed by atoms with Gasteiger partial charge in [0.25, 0.3) is 0 Å². The summed E-state index contributed by atoms with van der Waals surface area (Å²) in [6.45, 7) is 6.81. The Morgan fingerprint density at radius 1 is 0.958 bits per heavy atom. The normalized spacial score (nSPS) is 19.5. The Labute approximate surface area is 145 Å². The van der Waals surface area contributed by atoms with Gasteiger partial charge in [0.15, 0.2) is 0 Å². The van der Waals surface area contributed by atoms with Crippen LogP contribution in [-0.4, -0.2) is 0 Å². The first kappa shape index (κ1) is 15.4. The summed E-state index contributed by atoms with van der Waals surface area (Å²) in [5.41, 5.74) is 8.84. The molecule has 0 bridgehead atoms. The van der Waals surface area contributed by atoms with Crippen molar-refractivity contribution >= 4 is 6.08 Å². The first-order chi connectivity index (χ1) is 11.5. The molecule has 0 spiro atoms. The number of hydrogen-bond acceptors (Lipinski definition) is 0. The molecule has 0 heterocycles. The Bertz CT molecular complexity index is 810. The fraction of sp³-hybridized carbons (Fsp3) is 0.333. The Balaban J connectivity index is 1.71. The third-order valence-electron chi connectivity index (χ3n) is 5.47. The second kappa shape index (κ2) is 5.77. The monoisotopic (exact) mass is 314 g/mol. The Hall–Kier alpha value is -2.08. The molecule has 0 saturated heterocycles. The number of allylic oxidation sites excluding steroid dienone is 3. The van der Waals surface area contributed by atoms with E-state index in [0.29, 0.717) is 5.92 Å². The maximum Gasteiger partial charge on any atom is -0.00137 e. The van der Waals surface area contributed by atoms with E-state index < -0.39 is 0 Å². The molecule has 2 aromatic carbocycles. The highest BCUT2D eigenvalue weighted by atomic mass is 14.3. The number of rotatable bonds is 2. The smallest absolute Gasteiger partial charge is 0.00137 e. The van der Waals surface area contributed by atoms with Gasteiger partial charge in [0.1, 0.15) is 0 Å². The third-order valence-corrected chi connectivity index (χ3v) is 5.47. The van der Waals surface area contributed by atoms with Gasteiger partial charge in [-0.2, -0.15) is 0 Å². The minimum Gasteiger partial charge on any atom is -0.0879 e. The summed E-state index contributed by atoms with van der Waals surface area (Å²) in [7, 11) is 0. The van der Waals surface area contributed by atoms with Crippen LogP contribution in [0.5, 0.6) is 0 Å². The van der Waals surface area contributed by atoms with Gasteiger partial charge in [0, 0.05) is 0 Å². The SMILES string of the molecule is CC(C)(C)c1ccc(-c2cccc3c2C=C(C2C=CCC2)C3)cc1. The number of fused-ring (bicyclic) bond motifs is 1. The van der Waals surface area contributed by atoms with Crippen molar-refractivity contribution < 1.29 is 0 Å². The van der Waals surface area contributed by atoms with Gasteiger partial charge >= 0.3 is 0 Å². The minimum atomic E-state index is 0.207. The van der Waals surface area contributed by atoms with Gasteiger partial charge in [-0.1, -0.05) is 87.0 Å². The molecule has 0 aromatic heterocycles. The molecule has 2 aliphatic rings. The Morgan fingerprint density at radius 2 is 1.75 bits per heavy atom. The van der Waals surface area contributed by atoms with Gasteiger partial charge in [0.05, 0.1) is 0 Å². The fourth-order valence-electron chi connectivity index (χ4n) is 3.98. The van der Waals surface area contributed by atoms with E-state index in [-0.39, 0.29) is 5.41 Å². The van der Waals surface area contributed by atoms with Crippen molar-refractivity contribution in [2.24, 2.45) is 5.92 Å². The van der Waals surface area contributed by atoms with Crippen molar-refractivity contribution in [1.82, 2.24) is 0 Å². The van der Waals surface area contributed by atoms with Gasteiger partial charge in [-0.3, -0.25) is 0 Å². The van der Waals surface area contributed by atoms with Crippen molar-refractivity contribution in [3.05, 3.63) is 76.9 Å². The lowest BCUT2D eigenvalue weighted by Crippen LogP contribution is -2.10. The van der Waals surface area contributed by atoms with Crippen LogP contribution in [0, 0.1) is 5.92 Å². The summed E-state index contributed by atoms with van der Waals surface area (Å²) < 4.78 is 0. The van der Waals surface area contributed by atoms with Crippen LogP contribution >= 0.6 is 0 Å². The fourth-order valence-corrected chi connectivity index (χ4v) is 3.98. The van der Waals surface area contributed by atoms with Crippen LogP contribution in [0.4, 0.5) is 0 Å². The van der Waals surface area contributed by atoms with E-state index in [1.54, 1.807) is 5.57 Å². The molecule has 122 valence electrons. The molecule has 0 fully saturated rings. The van der Waals surface area contributed by atoms with Crippen LogP contribution in [0.1, 0.15) is 50.3 Å². The highest BCUT2D eigenvalue weighted by molar-refractivity contribution is 5.81. The Morgan fingerprint density at radius 3 is 2.42 bits per heavy atom. The van der Waals surface area contributed by atoms with Crippen molar-refractivity contribution in [2.45, 2.75) is 45.4 Å². The highest BCUT2D eigenvalue weighted by Gasteiger charge is 2.22. The van der Waals surface area contributed by atoms with E-state index in [9.17, 15) is 0 Å². The maximum absolute atomic E-state index is 2.46. The predicted molar refractivity (Wildman–Crippen MR) is 104 cm³/mol. The van der Waals surface area contributed by atoms with E-state index in [0.717, 1.165) is 6.42 Å². The number of benzene rings is 2. The summed E-state index contributed by atoms with van der Waals surface area (Å²) in [6.07, 6.45) is 10.8. The van der Waals surface area contributed by atoms with Crippen molar-refractivity contribution in [1.29, 1.82) is 0 Å². The lowest BCUT2D eigenvalue weighted by atomic mass is 9.86. The van der Waals surface area contributed by atoms with Gasteiger partial charge in [-0.05, 0) is 58.4 Å². The zero-order valence-electron chi connectivity index (χ0n) is 15.0. The molecule has 0 radical (unpaired) electrons. The zero-order chi connectivity index (χ0) is 16.7. The van der Waals surface area contributed by atoms with Crippen LogP contribution in [-0.2, 0) is 11.8 Å². The van der Waals surface area contributed by atoms with Crippen molar-refractivity contribution in [3.8, 4) is 11.1 Å². The topological polar surface area (TPSA) is 0 Å². The van der Waals surface area contributed by atoms with E-state index in [4.69, 9.17) is 0 Å². The molecule has 2 aliphatic carbocycles. The second-order valence-corrected chi connectivity index (χ2v) is 8.21. The van der Waals surface area contributed by atoms with Crippen LogP contribution in [0.15, 0.2) is 60.2 Å². The molecule has 1 atom stereocenters. The second-order valence-electron chi connectivity index (χ2n) is 8.21. The lowest BCUT2D eigenvalue weighted by Gasteiger charge is -2.19. The summed E-state index contributed by atoms with van der Waals surface area (Å²) >= 11 is 0. The van der Waals surface area contributed by atoms with Gasteiger partial charge in [-0.25, -0.2) is 0 Å². The van der Waals surface area contributed by atoms with E-state index in [2.05, 4.69) is 81.5 Å². The summed E-state index contributed by atoms with van der Waals surface area (Å²) in [5, 5.41) is 0. The van der Waals surface area contributed by atoms with Gasteiger partial charge in [-0.15, -0.1) is 0 Å². The molecular weight excluding hydrogens is 288 g/mol. The van der Waals surface area contributed by atoms with Gasteiger partial charge < -0.3 is 0 Å². The minimum absolute atomic E-state index is 0.207. The molecule has 0 heteroatoms. The zero-order valence-corrected chi connectivity index (χ0v) is 15.0. The molecule has 0 aliphatic heterocycles. The molecular formula is C24H26. The number of hydrogen-bond donors (Lipinski definition) is 0. The van der Waals surface area contributed by atoms with E-state index in [1.807, 2.05) is 0 Å². The summed E-state index contributed by atoms with van der Waals surface area (Å²) in [6, 6.07) is 15.9. The third kappa shape index (κ3) is 2.75. The standard InChI is InChI=1S/C24H26/c1-24(2,3)21-13-11-18(12-14-21)22-10-6-9-19-15-20(16-23(19)22)17-7-4-5-8-17/h4,6-7,9-14,16-17H,5,8,15H2,1-3H3. The summed E-state index contributed by atoms with van der Waals surface area (Å²) in [5.74, 6) is 0.661. The molecule has 24 heavy (non-hydrogen) atoms. The van der Waals surface area contributed by atoms with Crippen LogP contribution in [0.25, 0.3) is 17.2 Å². The molecule has 2 aromatic rings. The van der Waals surface area contributed by atoms with Crippen LogP contribution < -0.4 is 0 Å². The molecule has 1 unspecified atom stereocenters. The quantitative estimate of drug-likeness (QED) is 0.551. The Kier molecular flexibility index (Phi) is 3.72. The lowest BCUT2D eigenvalue weighted by molar-refractivity contribution is 0.590.